The number of hydrogen-bond acceptors (Lipinski definition) is 4. The Morgan fingerprint density at radius 1 is 1.23 bits per heavy atom. The second kappa shape index (κ2) is 9.89. The molecule has 0 saturated heterocycles. The number of methoxy groups -OCH3 is 1. The summed E-state index contributed by atoms with van der Waals surface area (Å²) in [7, 11) is 1.32. The molecule has 0 unspecified atom stereocenters. The largest absolute Gasteiger partial charge is 0.493 e. The zero-order valence-corrected chi connectivity index (χ0v) is 16.4. The molecule has 6 nitrogen and oxygen atoms in total. The Labute approximate surface area is 175 Å². The lowest BCUT2D eigenvalue weighted by atomic mass is 10.1. The lowest BCUT2D eigenvalue weighted by molar-refractivity contribution is -0.137. The van der Waals surface area contributed by atoms with E-state index in [9.17, 15) is 22.8 Å². The summed E-state index contributed by atoms with van der Waals surface area (Å²) in [6.07, 6.45) is -4.46. The molecule has 0 saturated carbocycles. The van der Waals surface area contributed by atoms with Crippen LogP contribution >= 0.6 is 11.6 Å². The molecule has 30 heavy (non-hydrogen) atoms. The van der Waals surface area contributed by atoms with Crippen molar-refractivity contribution >= 4 is 23.4 Å². The second-order valence-corrected chi connectivity index (χ2v) is 6.21. The first-order valence-electron chi connectivity index (χ1n) is 8.34. The van der Waals surface area contributed by atoms with E-state index in [2.05, 4.69) is 17.2 Å². The number of alkyl halides is 3. The van der Waals surface area contributed by atoms with Gasteiger partial charge in [0, 0.05) is 11.1 Å². The Bertz CT molecular complexity index is 1010. The fourth-order valence-electron chi connectivity index (χ4n) is 2.28. The van der Waals surface area contributed by atoms with Crippen LogP contribution in [0.5, 0.6) is 11.5 Å². The topological polar surface area (TPSA) is 90.7 Å². The number of halogens is 4. The first-order chi connectivity index (χ1) is 14.1. The van der Waals surface area contributed by atoms with E-state index in [0.29, 0.717) is 0 Å². The molecule has 0 aliphatic rings. The molecule has 0 spiro atoms. The molecule has 0 bridgehead atoms. The van der Waals surface area contributed by atoms with E-state index in [1.807, 2.05) is 0 Å². The Morgan fingerprint density at radius 3 is 2.60 bits per heavy atom. The molecule has 2 amide bonds. The van der Waals surface area contributed by atoms with Crippen molar-refractivity contribution < 1.29 is 32.2 Å². The maximum Gasteiger partial charge on any atom is 0.416 e. The summed E-state index contributed by atoms with van der Waals surface area (Å²) in [4.78, 5) is 23.1. The average molecular weight is 441 g/mol. The van der Waals surface area contributed by atoms with Crippen molar-refractivity contribution in [2.45, 2.75) is 6.18 Å². The Kier molecular flexibility index (Phi) is 7.55. The number of primary amides is 1. The van der Waals surface area contributed by atoms with Crippen molar-refractivity contribution in [1.29, 1.82) is 0 Å². The van der Waals surface area contributed by atoms with Gasteiger partial charge >= 0.3 is 6.18 Å². The first-order valence-corrected chi connectivity index (χ1v) is 8.72. The Balaban J connectivity index is 2.06. The van der Waals surface area contributed by atoms with Gasteiger partial charge in [-0.25, -0.2) is 0 Å². The van der Waals surface area contributed by atoms with Crippen LogP contribution in [0.15, 0.2) is 36.4 Å². The van der Waals surface area contributed by atoms with Gasteiger partial charge in [-0.15, -0.1) is 0 Å². The van der Waals surface area contributed by atoms with E-state index in [-0.39, 0.29) is 34.2 Å². The van der Waals surface area contributed by atoms with Crippen molar-refractivity contribution in [2.75, 3.05) is 20.3 Å². The van der Waals surface area contributed by atoms with Crippen LogP contribution in [0, 0.1) is 11.8 Å². The third kappa shape index (κ3) is 6.32. The van der Waals surface area contributed by atoms with Gasteiger partial charge in [-0.05, 0) is 30.3 Å². The molecule has 2 aromatic carbocycles. The van der Waals surface area contributed by atoms with Gasteiger partial charge in [0.25, 0.3) is 11.8 Å². The van der Waals surface area contributed by atoms with Gasteiger partial charge in [0.1, 0.15) is 0 Å². The highest BCUT2D eigenvalue weighted by Crippen LogP contribution is 2.36. The molecule has 0 radical (unpaired) electrons. The number of carbonyl (C=O) groups is 2. The zero-order chi connectivity index (χ0) is 22.3. The van der Waals surface area contributed by atoms with Crippen molar-refractivity contribution in [3.63, 3.8) is 0 Å². The van der Waals surface area contributed by atoms with Gasteiger partial charge in [-0.3, -0.25) is 9.59 Å². The van der Waals surface area contributed by atoms with Gasteiger partial charge in [0.05, 0.1) is 24.2 Å². The number of benzene rings is 2. The normalized spacial score (nSPS) is 10.6. The number of amides is 2. The number of ether oxygens (including phenoxy) is 2. The van der Waals surface area contributed by atoms with Crippen molar-refractivity contribution in [3.8, 4) is 23.3 Å². The summed E-state index contributed by atoms with van der Waals surface area (Å²) in [5.41, 5.74) is 4.51. The summed E-state index contributed by atoms with van der Waals surface area (Å²) in [5, 5.41) is 2.52. The highest BCUT2D eigenvalue weighted by molar-refractivity contribution is 6.32. The molecule has 0 atom stereocenters. The molecule has 2 aromatic rings. The predicted octanol–water partition coefficient (Wildman–Crippen LogP) is 3.01. The van der Waals surface area contributed by atoms with Crippen LogP contribution in [0.25, 0.3) is 0 Å². The maximum atomic E-state index is 12.7. The summed E-state index contributed by atoms with van der Waals surface area (Å²) in [6.45, 7) is -0.540. The van der Waals surface area contributed by atoms with E-state index in [4.69, 9.17) is 26.8 Å². The molecule has 0 fully saturated rings. The van der Waals surface area contributed by atoms with Crippen LogP contribution in [-0.4, -0.2) is 32.1 Å². The Morgan fingerprint density at radius 2 is 1.97 bits per heavy atom. The van der Waals surface area contributed by atoms with E-state index >= 15 is 0 Å². The van der Waals surface area contributed by atoms with Crippen molar-refractivity contribution in [3.05, 3.63) is 58.1 Å². The molecule has 10 heteroatoms. The van der Waals surface area contributed by atoms with E-state index in [1.54, 1.807) is 0 Å². The standard InChI is InChI=1S/C20H16ClF3N2O4/c1-29-16-10-13(9-15(21)18(16)30-11-17(25)27)19(28)26-7-3-5-12-4-2-6-14(8-12)20(22,23)24/h2,4,6,8-10H,7,11H2,1H3,(H2,25,27)(H,26,28). The average Bonchev–Trinajstić information content (AvgIpc) is 2.69. The van der Waals surface area contributed by atoms with E-state index in [1.165, 1.54) is 31.4 Å². The highest BCUT2D eigenvalue weighted by Gasteiger charge is 2.30. The molecule has 3 N–H and O–H groups in total. The summed E-state index contributed by atoms with van der Waals surface area (Å²) >= 11 is 6.08. The molecular weight excluding hydrogens is 425 g/mol. The fraction of sp³-hybridized carbons (Fsp3) is 0.200. The van der Waals surface area contributed by atoms with Crippen molar-refractivity contribution in [1.82, 2.24) is 5.32 Å². The van der Waals surface area contributed by atoms with Gasteiger partial charge in [0.15, 0.2) is 18.1 Å². The third-order valence-electron chi connectivity index (χ3n) is 3.61. The molecule has 0 aliphatic carbocycles. The van der Waals surface area contributed by atoms with Crippen LogP contribution in [-0.2, 0) is 11.0 Å². The quantitative estimate of drug-likeness (QED) is 0.676. The lowest BCUT2D eigenvalue weighted by Crippen LogP contribution is -2.24. The van der Waals surface area contributed by atoms with Crippen LogP contribution < -0.4 is 20.5 Å². The van der Waals surface area contributed by atoms with E-state index < -0.39 is 30.2 Å². The summed E-state index contributed by atoms with van der Waals surface area (Å²) < 4.78 is 48.4. The molecule has 158 valence electrons. The lowest BCUT2D eigenvalue weighted by Gasteiger charge is -2.13. The van der Waals surface area contributed by atoms with Gasteiger partial charge in [0.2, 0.25) is 0 Å². The summed E-state index contributed by atoms with van der Waals surface area (Å²) in [6, 6.07) is 7.19. The predicted molar refractivity (Wildman–Crippen MR) is 103 cm³/mol. The number of rotatable bonds is 6. The number of carbonyl (C=O) groups excluding carboxylic acids is 2. The van der Waals surface area contributed by atoms with Crippen LogP contribution in [0.1, 0.15) is 21.5 Å². The maximum absolute atomic E-state index is 12.7. The second-order valence-electron chi connectivity index (χ2n) is 5.81. The van der Waals surface area contributed by atoms with E-state index in [0.717, 1.165) is 12.1 Å². The monoisotopic (exact) mass is 440 g/mol. The van der Waals surface area contributed by atoms with Crippen LogP contribution in [0.3, 0.4) is 0 Å². The highest BCUT2D eigenvalue weighted by atomic mass is 35.5. The molecular formula is C20H16ClF3N2O4. The fourth-order valence-corrected chi connectivity index (χ4v) is 2.55. The first kappa shape index (κ1) is 22.9. The van der Waals surface area contributed by atoms with Gasteiger partial charge in [-0.1, -0.05) is 29.5 Å². The third-order valence-corrected chi connectivity index (χ3v) is 3.89. The number of nitrogens with two attached hydrogens (primary N) is 1. The summed E-state index contributed by atoms with van der Waals surface area (Å²) in [5.74, 6) is 4.04. The number of nitrogens with one attached hydrogen (secondary N) is 1. The smallest absolute Gasteiger partial charge is 0.416 e. The molecule has 2 rings (SSSR count). The zero-order valence-electron chi connectivity index (χ0n) is 15.6. The van der Waals surface area contributed by atoms with Crippen LogP contribution in [0.2, 0.25) is 5.02 Å². The molecule has 0 aliphatic heterocycles. The van der Waals surface area contributed by atoms with Crippen LogP contribution in [0.4, 0.5) is 13.2 Å². The van der Waals surface area contributed by atoms with Gasteiger partial charge in [-0.2, -0.15) is 13.2 Å². The Hall–Kier alpha value is -3.38. The number of hydrogen-bond donors (Lipinski definition) is 2. The molecule has 0 aromatic heterocycles. The van der Waals surface area contributed by atoms with Gasteiger partial charge < -0.3 is 20.5 Å². The minimum atomic E-state index is -4.46. The minimum absolute atomic E-state index is 0.0239. The SMILES string of the molecule is COc1cc(C(=O)NCC#Cc2cccc(C(F)(F)F)c2)cc(Cl)c1OCC(N)=O. The minimum Gasteiger partial charge on any atom is -0.493 e. The van der Waals surface area contributed by atoms with Crippen molar-refractivity contribution in [2.24, 2.45) is 5.73 Å². The molecule has 0 heterocycles.